The number of fused-ring (bicyclic) bond motifs is 1. The first-order chi connectivity index (χ1) is 10.7. The lowest BCUT2D eigenvalue weighted by atomic mass is 10.1. The number of benzene rings is 2. The predicted octanol–water partition coefficient (Wildman–Crippen LogP) is 3.56. The van der Waals surface area contributed by atoms with Crippen LogP contribution in [0.2, 0.25) is 0 Å². The van der Waals surface area contributed by atoms with E-state index < -0.39 is 0 Å². The smallest absolute Gasteiger partial charge is 0.228 e. The van der Waals surface area contributed by atoms with Crippen molar-refractivity contribution in [3.05, 3.63) is 59.2 Å². The van der Waals surface area contributed by atoms with Crippen molar-refractivity contribution in [1.29, 1.82) is 0 Å². The summed E-state index contributed by atoms with van der Waals surface area (Å²) in [5.41, 5.74) is 5.75. The lowest BCUT2D eigenvalue weighted by Crippen LogP contribution is -2.19. The first-order valence-electron chi connectivity index (χ1n) is 7.89. The van der Waals surface area contributed by atoms with Crippen molar-refractivity contribution in [2.75, 3.05) is 23.3 Å². The van der Waals surface area contributed by atoms with Gasteiger partial charge in [-0.05, 0) is 43.5 Å². The van der Waals surface area contributed by atoms with Gasteiger partial charge in [0.25, 0.3) is 0 Å². The number of aryl methyl sites for hydroxylation is 1. The molecule has 1 aliphatic heterocycles. The van der Waals surface area contributed by atoms with Gasteiger partial charge in [0.1, 0.15) is 0 Å². The third-order valence-electron chi connectivity index (χ3n) is 4.19. The van der Waals surface area contributed by atoms with Gasteiger partial charge in [-0.15, -0.1) is 0 Å². The van der Waals surface area contributed by atoms with Crippen molar-refractivity contribution >= 4 is 17.3 Å². The van der Waals surface area contributed by atoms with Crippen LogP contribution in [-0.2, 0) is 17.6 Å². The van der Waals surface area contributed by atoms with Crippen LogP contribution in [0, 0.1) is 6.92 Å². The van der Waals surface area contributed by atoms with Crippen molar-refractivity contribution in [2.45, 2.75) is 26.7 Å². The number of hydrogen-bond donors (Lipinski definition) is 1. The van der Waals surface area contributed by atoms with Gasteiger partial charge in [0.15, 0.2) is 0 Å². The van der Waals surface area contributed by atoms with E-state index in [1.165, 1.54) is 16.8 Å². The lowest BCUT2D eigenvalue weighted by Gasteiger charge is -2.17. The average molecular weight is 294 g/mol. The molecule has 2 aromatic rings. The van der Waals surface area contributed by atoms with Gasteiger partial charge >= 0.3 is 0 Å². The van der Waals surface area contributed by atoms with E-state index in [1.54, 1.807) is 0 Å². The van der Waals surface area contributed by atoms with Crippen LogP contribution in [0.4, 0.5) is 11.4 Å². The Balaban J connectivity index is 1.69. The zero-order valence-corrected chi connectivity index (χ0v) is 13.2. The van der Waals surface area contributed by atoms with Crippen molar-refractivity contribution in [3.63, 3.8) is 0 Å². The Morgan fingerprint density at radius 2 is 2.09 bits per heavy atom. The number of carbonyl (C=O) groups is 1. The summed E-state index contributed by atoms with van der Waals surface area (Å²) in [4.78, 5) is 14.6. The Hall–Kier alpha value is -2.29. The second-order valence-corrected chi connectivity index (χ2v) is 5.89. The molecule has 1 aliphatic rings. The summed E-state index contributed by atoms with van der Waals surface area (Å²) in [6, 6.07) is 14.3. The minimum atomic E-state index is 0.0339. The first-order valence-corrected chi connectivity index (χ1v) is 7.89. The number of nitrogens with one attached hydrogen (secondary N) is 1. The largest absolute Gasteiger partial charge is 0.371 e. The molecule has 0 aromatic heterocycles. The summed E-state index contributed by atoms with van der Waals surface area (Å²) in [6.07, 6.45) is 1.51. The van der Waals surface area contributed by atoms with E-state index in [9.17, 15) is 4.79 Å². The molecule has 0 bridgehead atoms. The van der Waals surface area contributed by atoms with E-state index in [1.807, 2.05) is 31.2 Å². The Kier molecular flexibility index (Phi) is 4.14. The van der Waals surface area contributed by atoms with Crippen molar-refractivity contribution in [1.82, 2.24) is 0 Å². The minimum Gasteiger partial charge on any atom is -0.371 e. The SMILES string of the molecule is CCN1CCc2ccc(NC(=O)Cc3cccc(C)c3)cc21. The van der Waals surface area contributed by atoms with Crippen LogP contribution < -0.4 is 10.2 Å². The second kappa shape index (κ2) is 6.22. The molecule has 2 aromatic carbocycles. The van der Waals surface area contributed by atoms with Crippen LogP contribution in [0.15, 0.2) is 42.5 Å². The van der Waals surface area contributed by atoms with Gasteiger partial charge in [0, 0.05) is 24.5 Å². The fourth-order valence-electron chi connectivity index (χ4n) is 3.06. The third-order valence-corrected chi connectivity index (χ3v) is 4.19. The van der Waals surface area contributed by atoms with Crippen molar-refractivity contribution in [2.24, 2.45) is 0 Å². The molecule has 0 fully saturated rings. The van der Waals surface area contributed by atoms with E-state index in [-0.39, 0.29) is 5.91 Å². The Bertz CT molecular complexity index is 694. The summed E-state index contributed by atoms with van der Waals surface area (Å²) in [5.74, 6) is 0.0339. The number of rotatable bonds is 4. The molecule has 0 aliphatic carbocycles. The van der Waals surface area contributed by atoms with Crippen LogP contribution >= 0.6 is 0 Å². The van der Waals surface area contributed by atoms with Crippen LogP contribution in [0.5, 0.6) is 0 Å². The van der Waals surface area contributed by atoms with E-state index in [0.717, 1.165) is 30.8 Å². The third kappa shape index (κ3) is 3.14. The molecule has 0 spiro atoms. The van der Waals surface area contributed by atoms with Crippen LogP contribution in [-0.4, -0.2) is 19.0 Å². The highest BCUT2D eigenvalue weighted by Gasteiger charge is 2.18. The van der Waals surface area contributed by atoms with Crippen molar-refractivity contribution < 1.29 is 4.79 Å². The van der Waals surface area contributed by atoms with Gasteiger partial charge < -0.3 is 10.2 Å². The zero-order valence-electron chi connectivity index (χ0n) is 13.2. The minimum absolute atomic E-state index is 0.0339. The maximum Gasteiger partial charge on any atom is 0.228 e. The molecule has 22 heavy (non-hydrogen) atoms. The van der Waals surface area contributed by atoms with E-state index in [0.29, 0.717) is 6.42 Å². The molecule has 0 unspecified atom stereocenters. The van der Waals surface area contributed by atoms with E-state index in [4.69, 9.17) is 0 Å². The van der Waals surface area contributed by atoms with Gasteiger partial charge in [0.05, 0.1) is 6.42 Å². The molecule has 3 rings (SSSR count). The zero-order chi connectivity index (χ0) is 15.5. The molecule has 114 valence electrons. The van der Waals surface area contributed by atoms with Crippen LogP contribution in [0.25, 0.3) is 0 Å². The predicted molar refractivity (Wildman–Crippen MR) is 91.5 cm³/mol. The summed E-state index contributed by atoms with van der Waals surface area (Å²) in [7, 11) is 0. The molecule has 0 radical (unpaired) electrons. The molecular formula is C19H22N2O. The fraction of sp³-hybridized carbons (Fsp3) is 0.316. The summed E-state index contributed by atoms with van der Waals surface area (Å²) < 4.78 is 0. The van der Waals surface area contributed by atoms with Gasteiger partial charge in [-0.2, -0.15) is 0 Å². The summed E-state index contributed by atoms with van der Waals surface area (Å²) >= 11 is 0. The molecule has 3 heteroatoms. The Labute approximate surface area is 132 Å². The quantitative estimate of drug-likeness (QED) is 0.935. The van der Waals surface area contributed by atoms with E-state index in [2.05, 4.69) is 35.3 Å². The first kappa shape index (κ1) is 14.6. The highest BCUT2D eigenvalue weighted by atomic mass is 16.1. The lowest BCUT2D eigenvalue weighted by molar-refractivity contribution is -0.115. The molecule has 1 heterocycles. The maximum absolute atomic E-state index is 12.2. The fourth-order valence-corrected chi connectivity index (χ4v) is 3.06. The number of likely N-dealkylation sites (N-methyl/N-ethyl adjacent to an activating group) is 1. The van der Waals surface area contributed by atoms with Crippen molar-refractivity contribution in [3.8, 4) is 0 Å². The van der Waals surface area contributed by atoms with Crippen LogP contribution in [0.3, 0.4) is 0 Å². The molecule has 1 amide bonds. The standard InChI is InChI=1S/C19H22N2O/c1-3-21-10-9-16-7-8-17(13-18(16)21)20-19(22)12-15-6-4-5-14(2)11-15/h4-8,11,13H,3,9-10,12H2,1-2H3,(H,20,22). The average Bonchev–Trinajstić information content (AvgIpc) is 2.89. The second-order valence-electron chi connectivity index (χ2n) is 5.89. The number of anilines is 2. The maximum atomic E-state index is 12.2. The van der Waals surface area contributed by atoms with Gasteiger partial charge in [0.2, 0.25) is 5.91 Å². The Morgan fingerprint density at radius 3 is 2.86 bits per heavy atom. The normalized spacial score (nSPS) is 13.1. The number of carbonyl (C=O) groups excluding carboxylic acids is 1. The van der Waals surface area contributed by atoms with Gasteiger partial charge in [-0.1, -0.05) is 35.9 Å². The van der Waals surface area contributed by atoms with E-state index >= 15 is 0 Å². The van der Waals surface area contributed by atoms with Gasteiger partial charge in [-0.25, -0.2) is 0 Å². The summed E-state index contributed by atoms with van der Waals surface area (Å²) in [5, 5.41) is 3.02. The number of nitrogens with zero attached hydrogens (tertiary/aromatic N) is 1. The molecular weight excluding hydrogens is 272 g/mol. The highest BCUT2D eigenvalue weighted by Crippen LogP contribution is 2.30. The molecule has 0 saturated carbocycles. The topological polar surface area (TPSA) is 32.3 Å². The highest BCUT2D eigenvalue weighted by molar-refractivity contribution is 5.93. The van der Waals surface area contributed by atoms with Crippen LogP contribution in [0.1, 0.15) is 23.6 Å². The molecule has 0 atom stereocenters. The molecule has 1 N–H and O–H groups in total. The van der Waals surface area contributed by atoms with Gasteiger partial charge in [-0.3, -0.25) is 4.79 Å². The summed E-state index contributed by atoms with van der Waals surface area (Å²) in [6.45, 7) is 6.29. The monoisotopic (exact) mass is 294 g/mol. The number of amides is 1. The number of hydrogen-bond acceptors (Lipinski definition) is 2. The molecule has 0 saturated heterocycles. The Morgan fingerprint density at radius 1 is 1.23 bits per heavy atom. The molecule has 3 nitrogen and oxygen atoms in total.